The summed E-state index contributed by atoms with van der Waals surface area (Å²) in [4.78, 5) is 3.40. The molecular weight excluding hydrogens is 150 g/mol. The predicted molar refractivity (Wildman–Crippen MR) is 44.6 cm³/mol. The molecule has 10 heavy (non-hydrogen) atoms. The standard InChI is InChI=1S/C5H9N3OS/c1-4(7-3-9)8-5(10)6-2/h7,9H,1-3H2,(H,8,10). The molecule has 0 aliphatic carbocycles. The van der Waals surface area contributed by atoms with Gasteiger partial charge >= 0.3 is 0 Å². The van der Waals surface area contributed by atoms with Gasteiger partial charge in [0.2, 0.25) is 0 Å². The number of thiocarbonyl (C=S) groups is 1. The average Bonchev–Trinajstić information content (AvgIpc) is 1.88. The van der Waals surface area contributed by atoms with E-state index in [1.165, 1.54) is 0 Å². The van der Waals surface area contributed by atoms with Gasteiger partial charge in [-0.05, 0) is 18.9 Å². The topological polar surface area (TPSA) is 56.7 Å². The fourth-order valence-electron chi connectivity index (χ4n) is 0.308. The van der Waals surface area contributed by atoms with Crippen LogP contribution in [0.4, 0.5) is 0 Å². The first kappa shape index (κ1) is 9.06. The Balaban J connectivity index is 3.57. The number of rotatable bonds is 3. The first-order chi connectivity index (χ1) is 4.70. The second kappa shape index (κ2) is 4.89. The summed E-state index contributed by atoms with van der Waals surface area (Å²) in [6.45, 7) is 6.47. The Hall–Kier alpha value is -0.940. The lowest BCUT2D eigenvalue weighted by molar-refractivity contribution is 0.273. The Morgan fingerprint density at radius 3 is 2.70 bits per heavy atom. The van der Waals surface area contributed by atoms with E-state index in [0.29, 0.717) is 5.82 Å². The minimum absolute atomic E-state index is 0.189. The van der Waals surface area contributed by atoms with Crippen molar-refractivity contribution in [2.45, 2.75) is 0 Å². The van der Waals surface area contributed by atoms with Crippen LogP contribution in [0.15, 0.2) is 17.4 Å². The molecule has 0 rings (SSSR count). The molecule has 0 saturated heterocycles. The van der Waals surface area contributed by atoms with Gasteiger partial charge in [-0.15, -0.1) is 0 Å². The van der Waals surface area contributed by atoms with E-state index in [1.807, 2.05) is 0 Å². The van der Waals surface area contributed by atoms with Gasteiger partial charge in [-0.25, -0.2) is 4.99 Å². The van der Waals surface area contributed by atoms with Crippen molar-refractivity contribution < 1.29 is 5.11 Å². The van der Waals surface area contributed by atoms with Crippen molar-refractivity contribution in [2.75, 3.05) is 6.73 Å². The summed E-state index contributed by atoms with van der Waals surface area (Å²) < 4.78 is 0. The monoisotopic (exact) mass is 159 g/mol. The van der Waals surface area contributed by atoms with Crippen molar-refractivity contribution >= 4 is 24.0 Å². The van der Waals surface area contributed by atoms with Gasteiger partial charge in [0.25, 0.3) is 0 Å². The third kappa shape index (κ3) is 3.99. The van der Waals surface area contributed by atoms with E-state index in [4.69, 9.17) is 5.11 Å². The van der Waals surface area contributed by atoms with E-state index in [1.54, 1.807) is 0 Å². The molecule has 0 spiro atoms. The summed E-state index contributed by atoms with van der Waals surface area (Å²) in [5, 5.41) is 13.6. The third-order valence-electron chi connectivity index (χ3n) is 0.694. The van der Waals surface area contributed by atoms with Crippen LogP contribution in [-0.2, 0) is 0 Å². The quantitative estimate of drug-likeness (QED) is 0.297. The first-order valence-electron chi connectivity index (χ1n) is 2.52. The minimum Gasteiger partial charge on any atom is -0.377 e. The Morgan fingerprint density at radius 1 is 1.70 bits per heavy atom. The summed E-state index contributed by atoms with van der Waals surface area (Å²) >= 11 is 4.62. The lowest BCUT2D eigenvalue weighted by Crippen LogP contribution is -2.28. The molecule has 0 aliphatic heterocycles. The van der Waals surface area contributed by atoms with Gasteiger partial charge in [-0.1, -0.05) is 6.58 Å². The zero-order chi connectivity index (χ0) is 7.98. The fourth-order valence-corrected chi connectivity index (χ4v) is 0.431. The van der Waals surface area contributed by atoms with Crippen molar-refractivity contribution in [1.82, 2.24) is 10.6 Å². The van der Waals surface area contributed by atoms with Gasteiger partial charge in [0.05, 0.1) is 5.82 Å². The molecule has 0 atom stereocenters. The van der Waals surface area contributed by atoms with E-state index in [-0.39, 0.29) is 11.8 Å². The Morgan fingerprint density at radius 2 is 2.30 bits per heavy atom. The van der Waals surface area contributed by atoms with Gasteiger partial charge in [-0.3, -0.25) is 0 Å². The number of nitrogens with zero attached hydrogens (tertiary/aromatic N) is 1. The van der Waals surface area contributed by atoms with E-state index >= 15 is 0 Å². The van der Waals surface area contributed by atoms with Crippen molar-refractivity contribution in [2.24, 2.45) is 4.99 Å². The van der Waals surface area contributed by atoms with Crippen molar-refractivity contribution in [1.29, 1.82) is 0 Å². The average molecular weight is 159 g/mol. The van der Waals surface area contributed by atoms with Crippen LogP contribution in [0, 0.1) is 0 Å². The molecule has 0 aliphatic rings. The van der Waals surface area contributed by atoms with E-state index < -0.39 is 0 Å². The molecule has 0 saturated carbocycles. The molecule has 0 aromatic carbocycles. The molecule has 56 valence electrons. The highest BCUT2D eigenvalue weighted by Gasteiger charge is 1.91. The van der Waals surface area contributed by atoms with Gasteiger partial charge in [0.15, 0.2) is 5.11 Å². The van der Waals surface area contributed by atoms with Crippen LogP contribution in [-0.4, -0.2) is 23.7 Å². The molecule has 5 heteroatoms. The highest BCUT2D eigenvalue weighted by molar-refractivity contribution is 7.80. The number of aliphatic hydroxyl groups is 1. The Kier molecular flexibility index (Phi) is 4.43. The highest BCUT2D eigenvalue weighted by atomic mass is 32.1. The predicted octanol–water partition coefficient (Wildman–Crippen LogP) is -0.428. The maximum Gasteiger partial charge on any atom is 0.197 e. The van der Waals surface area contributed by atoms with Crippen molar-refractivity contribution in [3.05, 3.63) is 12.4 Å². The lowest BCUT2D eigenvalue weighted by Gasteiger charge is -2.06. The number of nitrogens with one attached hydrogen (secondary N) is 2. The zero-order valence-electron chi connectivity index (χ0n) is 5.42. The molecule has 0 aromatic heterocycles. The van der Waals surface area contributed by atoms with Crippen LogP contribution >= 0.6 is 12.2 Å². The van der Waals surface area contributed by atoms with Crippen molar-refractivity contribution in [3.63, 3.8) is 0 Å². The maximum absolute atomic E-state index is 8.32. The number of hydrogen-bond acceptors (Lipinski definition) is 3. The van der Waals surface area contributed by atoms with Crippen LogP contribution < -0.4 is 10.6 Å². The summed E-state index contributed by atoms with van der Waals surface area (Å²) in [6.07, 6.45) is 0. The van der Waals surface area contributed by atoms with E-state index in [0.717, 1.165) is 0 Å². The van der Waals surface area contributed by atoms with Gasteiger partial charge in [0.1, 0.15) is 6.73 Å². The van der Waals surface area contributed by atoms with Crippen LogP contribution in [0.25, 0.3) is 0 Å². The smallest absolute Gasteiger partial charge is 0.197 e. The number of hydrogen-bond donors (Lipinski definition) is 3. The maximum atomic E-state index is 8.32. The molecule has 0 radical (unpaired) electrons. The summed E-state index contributed by atoms with van der Waals surface area (Å²) in [5.74, 6) is 0.403. The Bertz CT molecular complexity index is 157. The van der Waals surface area contributed by atoms with Crippen LogP contribution in [0.3, 0.4) is 0 Å². The molecule has 4 nitrogen and oxygen atoms in total. The normalized spacial score (nSPS) is 8.10. The third-order valence-corrected chi connectivity index (χ3v) is 0.925. The second-order valence-corrected chi connectivity index (χ2v) is 1.79. The molecule has 0 heterocycles. The molecule has 0 bridgehead atoms. The SMILES string of the molecule is C=NC(=S)NC(=C)NCO. The van der Waals surface area contributed by atoms with E-state index in [2.05, 4.69) is 41.1 Å². The van der Waals surface area contributed by atoms with Gasteiger partial charge in [0, 0.05) is 0 Å². The second-order valence-electron chi connectivity index (χ2n) is 1.40. The molecule has 3 N–H and O–H groups in total. The molecule has 0 fully saturated rings. The molecule has 0 aromatic rings. The van der Waals surface area contributed by atoms with Crippen LogP contribution in [0.1, 0.15) is 0 Å². The van der Waals surface area contributed by atoms with Crippen LogP contribution in [0.2, 0.25) is 0 Å². The van der Waals surface area contributed by atoms with Crippen molar-refractivity contribution in [3.8, 4) is 0 Å². The summed E-state index contributed by atoms with van der Waals surface area (Å²) in [6, 6.07) is 0. The highest BCUT2D eigenvalue weighted by Crippen LogP contribution is 1.78. The van der Waals surface area contributed by atoms with Crippen LogP contribution in [0.5, 0.6) is 0 Å². The van der Waals surface area contributed by atoms with Gasteiger partial charge < -0.3 is 15.7 Å². The summed E-state index contributed by atoms with van der Waals surface area (Å²) in [5.41, 5.74) is 0. The molecular formula is C5H9N3OS. The molecule has 0 unspecified atom stereocenters. The minimum atomic E-state index is -0.189. The summed E-state index contributed by atoms with van der Waals surface area (Å²) in [7, 11) is 0. The number of aliphatic imine (C=N–C) groups is 1. The van der Waals surface area contributed by atoms with Gasteiger partial charge in [-0.2, -0.15) is 0 Å². The molecule has 0 amide bonds. The zero-order valence-corrected chi connectivity index (χ0v) is 6.24. The fraction of sp³-hybridized carbons (Fsp3) is 0.200. The first-order valence-corrected chi connectivity index (χ1v) is 2.93. The lowest BCUT2D eigenvalue weighted by atomic mass is 10.7. The Labute approximate surface area is 64.7 Å². The number of aliphatic hydroxyl groups excluding tert-OH is 1. The van der Waals surface area contributed by atoms with E-state index in [9.17, 15) is 0 Å². The largest absolute Gasteiger partial charge is 0.377 e.